The van der Waals surface area contributed by atoms with E-state index in [9.17, 15) is 13.9 Å². The van der Waals surface area contributed by atoms with Crippen molar-refractivity contribution in [2.24, 2.45) is 7.05 Å². The van der Waals surface area contributed by atoms with Gasteiger partial charge in [0.1, 0.15) is 23.2 Å². The zero-order chi connectivity index (χ0) is 13.6. The van der Waals surface area contributed by atoms with Crippen molar-refractivity contribution in [1.82, 2.24) is 9.55 Å². The molecule has 0 aliphatic rings. The van der Waals surface area contributed by atoms with E-state index in [0.29, 0.717) is 11.0 Å². The van der Waals surface area contributed by atoms with Gasteiger partial charge in [-0.3, -0.25) is 0 Å². The first-order valence-electron chi connectivity index (χ1n) is 5.68. The molecule has 0 radical (unpaired) electrons. The lowest BCUT2D eigenvalue weighted by Crippen LogP contribution is -1.95. The van der Waals surface area contributed by atoms with Gasteiger partial charge in [-0.1, -0.05) is 6.07 Å². The number of phenols is 1. The van der Waals surface area contributed by atoms with Gasteiger partial charge in [-0.25, -0.2) is 13.8 Å². The third-order valence-corrected chi connectivity index (χ3v) is 3.06. The molecule has 1 N–H and O–H groups in total. The van der Waals surface area contributed by atoms with Crippen LogP contribution in [0.5, 0.6) is 5.75 Å². The van der Waals surface area contributed by atoms with Crippen molar-refractivity contribution >= 4 is 11.0 Å². The maximum Gasteiger partial charge on any atom is 0.147 e. The molecule has 3 rings (SSSR count). The minimum Gasteiger partial charge on any atom is -0.507 e. The number of hydrogen-bond acceptors (Lipinski definition) is 2. The molecule has 0 unspecified atom stereocenters. The number of benzene rings is 2. The van der Waals surface area contributed by atoms with Crippen molar-refractivity contribution in [3.05, 3.63) is 48.0 Å². The van der Waals surface area contributed by atoms with Gasteiger partial charge >= 0.3 is 0 Å². The van der Waals surface area contributed by atoms with Crippen molar-refractivity contribution in [3.63, 3.8) is 0 Å². The molecule has 0 aliphatic carbocycles. The molecule has 0 aliphatic heterocycles. The van der Waals surface area contributed by atoms with E-state index < -0.39 is 11.6 Å². The quantitative estimate of drug-likeness (QED) is 0.729. The molecule has 0 fully saturated rings. The summed E-state index contributed by atoms with van der Waals surface area (Å²) in [6, 6.07) is 8.20. The first-order valence-corrected chi connectivity index (χ1v) is 5.68. The lowest BCUT2D eigenvalue weighted by molar-refractivity contribution is 0.471. The van der Waals surface area contributed by atoms with E-state index in [-0.39, 0.29) is 17.1 Å². The van der Waals surface area contributed by atoms with Crippen LogP contribution in [0.15, 0.2) is 36.4 Å². The molecule has 1 heterocycles. The van der Waals surface area contributed by atoms with E-state index in [0.717, 1.165) is 0 Å². The molecular weight excluding hydrogens is 250 g/mol. The fourth-order valence-corrected chi connectivity index (χ4v) is 2.13. The summed E-state index contributed by atoms with van der Waals surface area (Å²) < 4.78 is 28.6. The maximum absolute atomic E-state index is 13.8. The maximum atomic E-state index is 13.8. The Kier molecular flexibility index (Phi) is 2.48. The number of aromatic hydroxyl groups is 1. The van der Waals surface area contributed by atoms with Crippen molar-refractivity contribution in [2.45, 2.75) is 0 Å². The molecule has 96 valence electrons. The summed E-state index contributed by atoms with van der Waals surface area (Å²) in [5.74, 6) is -0.913. The van der Waals surface area contributed by atoms with Crippen LogP contribution in [-0.2, 0) is 7.05 Å². The highest BCUT2D eigenvalue weighted by atomic mass is 19.1. The second kappa shape index (κ2) is 4.05. The van der Waals surface area contributed by atoms with Gasteiger partial charge in [-0.2, -0.15) is 0 Å². The highest BCUT2D eigenvalue weighted by molar-refractivity contribution is 5.81. The zero-order valence-electron chi connectivity index (χ0n) is 10.1. The van der Waals surface area contributed by atoms with Crippen LogP contribution in [0.1, 0.15) is 0 Å². The minimum atomic E-state index is -0.570. The second-order valence-electron chi connectivity index (χ2n) is 4.26. The van der Waals surface area contributed by atoms with Gasteiger partial charge in [0.05, 0.1) is 16.6 Å². The number of halogens is 2. The van der Waals surface area contributed by atoms with Gasteiger partial charge in [0.15, 0.2) is 0 Å². The third kappa shape index (κ3) is 1.74. The van der Waals surface area contributed by atoms with Crippen LogP contribution in [0.25, 0.3) is 22.4 Å². The molecule has 3 nitrogen and oxygen atoms in total. The van der Waals surface area contributed by atoms with Crippen LogP contribution in [0, 0.1) is 11.6 Å². The largest absolute Gasteiger partial charge is 0.507 e. The van der Waals surface area contributed by atoms with Gasteiger partial charge in [0.25, 0.3) is 0 Å². The predicted octanol–water partition coefficient (Wildman–Crippen LogP) is 3.22. The standard InChI is InChI=1S/C14H10F2N2O/c1-18-11-6-5-8(15)7-10(11)17-14(18)13-9(16)3-2-4-12(13)19/h2-7,19H,1H3. The molecule has 0 spiro atoms. The monoisotopic (exact) mass is 260 g/mol. The molecule has 0 amide bonds. The summed E-state index contributed by atoms with van der Waals surface area (Å²) >= 11 is 0. The smallest absolute Gasteiger partial charge is 0.147 e. The number of hydrogen-bond donors (Lipinski definition) is 1. The Labute approximate surface area is 107 Å². The number of fused-ring (bicyclic) bond motifs is 1. The molecule has 19 heavy (non-hydrogen) atoms. The summed E-state index contributed by atoms with van der Waals surface area (Å²) in [4.78, 5) is 4.19. The summed E-state index contributed by atoms with van der Waals surface area (Å²) in [5.41, 5.74) is 1.10. The van der Waals surface area contributed by atoms with E-state index in [1.165, 1.54) is 30.3 Å². The Morgan fingerprint density at radius 1 is 1.16 bits per heavy atom. The lowest BCUT2D eigenvalue weighted by atomic mass is 10.2. The van der Waals surface area contributed by atoms with Crippen molar-refractivity contribution in [3.8, 4) is 17.1 Å². The first-order chi connectivity index (χ1) is 9.08. The number of nitrogens with zero attached hydrogens (tertiary/aromatic N) is 2. The van der Waals surface area contributed by atoms with Crippen LogP contribution >= 0.6 is 0 Å². The molecule has 0 atom stereocenters. The summed E-state index contributed by atoms with van der Waals surface area (Å²) in [5, 5.41) is 9.78. The van der Waals surface area contributed by atoms with E-state index in [1.807, 2.05) is 0 Å². The number of aromatic nitrogens is 2. The van der Waals surface area contributed by atoms with E-state index >= 15 is 0 Å². The Morgan fingerprint density at radius 3 is 2.68 bits per heavy atom. The molecular formula is C14H10F2N2O. The summed E-state index contributed by atoms with van der Waals surface area (Å²) in [6.45, 7) is 0. The Hall–Kier alpha value is -2.43. The first kappa shape index (κ1) is 11.6. The van der Waals surface area contributed by atoms with Crippen molar-refractivity contribution < 1.29 is 13.9 Å². The average Bonchev–Trinajstić information content (AvgIpc) is 2.66. The lowest BCUT2D eigenvalue weighted by Gasteiger charge is -2.05. The van der Waals surface area contributed by atoms with Crippen molar-refractivity contribution in [1.29, 1.82) is 0 Å². The topological polar surface area (TPSA) is 38.0 Å². The Morgan fingerprint density at radius 2 is 1.95 bits per heavy atom. The van der Waals surface area contributed by atoms with Gasteiger partial charge in [-0.15, -0.1) is 0 Å². The fourth-order valence-electron chi connectivity index (χ4n) is 2.13. The van der Waals surface area contributed by atoms with Gasteiger partial charge in [0, 0.05) is 13.1 Å². The van der Waals surface area contributed by atoms with Crippen LogP contribution < -0.4 is 0 Å². The predicted molar refractivity (Wildman–Crippen MR) is 67.7 cm³/mol. The van der Waals surface area contributed by atoms with Gasteiger partial charge in [-0.05, 0) is 24.3 Å². The van der Waals surface area contributed by atoms with E-state index in [1.54, 1.807) is 17.7 Å². The molecule has 2 aromatic carbocycles. The van der Waals surface area contributed by atoms with Crippen LogP contribution in [-0.4, -0.2) is 14.7 Å². The second-order valence-corrected chi connectivity index (χ2v) is 4.26. The molecule has 5 heteroatoms. The molecule has 1 aromatic heterocycles. The molecule has 0 saturated carbocycles. The van der Waals surface area contributed by atoms with Crippen molar-refractivity contribution in [2.75, 3.05) is 0 Å². The zero-order valence-corrected chi connectivity index (χ0v) is 10.1. The SMILES string of the molecule is Cn1c(-c2c(O)cccc2F)nc2cc(F)ccc21. The molecule has 0 bridgehead atoms. The summed E-state index contributed by atoms with van der Waals surface area (Å²) in [6.07, 6.45) is 0. The van der Waals surface area contributed by atoms with Crippen LogP contribution in [0.2, 0.25) is 0 Å². The minimum absolute atomic E-state index is 0.0154. The highest BCUT2D eigenvalue weighted by Gasteiger charge is 2.17. The summed E-state index contributed by atoms with van der Waals surface area (Å²) in [7, 11) is 1.69. The third-order valence-electron chi connectivity index (χ3n) is 3.06. The van der Waals surface area contributed by atoms with Gasteiger partial charge < -0.3 is 9.67 Å². The molecule has 0 saturated heterocycles. The van der Waals surface area contributed by atoms with Gasteiger partial charge in [0.2, 0.25) is 0 Å². The molecule has 3 aromatic rings. The van der Waals surface area contributed by atoms with E-state index in [4.69, 9.17) is 0 Å². The Balaban J connectivity index is 2.34. The number of rotatable bonds is 1. The van der Waals surface area contributed by atoms with Crippen LogP contribution in [0.3, 0.4) is 0 Å². The van der Waals surface area contributed by atoms with Crippen LogP contribution in [0.4, 0.5) is 8.78 Å². The highest BCUT2D eigenvalue weighted by Crippen LogP contribution is 2.32. The fraction of sp³-hybridized carbons (Fsp3) is 0.0714. The number of aryl methyl sites for hydroxylation is 1. The van der Waals surface area contributed by atoms with E-state index in [2.05, 4.69) is 4.98 Å². The normalized spacial score (nSPS) is 11.1. The average molecular weight is 260 g/mol. The number of imidazole rings is 1. The number of phenolic OH excluding ortho intramolecular Hbond substituents is 1. The Bertz CT molecular complexity index is 760.